The first kappa shape index (κ1) is 6.08. The first-order valence-corrected chi connectivity index (χ1v) is 2.82. The quantitative estimate of drug-likeness (QED) is 0.549. The SMILES string of the molecule is CC1=CC(C(N)=O)=C1C. The lowest BCUT2D eigenvalue weighted by Crippen LogP contribution is -2.18. The second-order valence-corrected chi connectivity index (χ2v) is 2.23. The number of hydrogen-bond acceptors (Lipinski definition) is 1. The molecule has 2 N–H and O–H groups in total. The molecule has 0 radical (unpaired) electrons. The predicted octanol–water partition coefficient (Wildman–Crippen LogP) is 0.748. The zero-order valence-electron chi connectivity index (χ0n) is 5.56. The number of allylic oxidation sites excluding steroid dienone is 2. The van der Waals surface area contributed by atoms with Crippen molar-refractivity contribution in [2.75, 3.05) is 0 Å². The van der Waals surface area contributed by atoms with Gasteiger partial charge in [-0.25, -0.2) is 0 Å². The van der Waals surface area contributed by atoms with Crippen LogP contribution in [0.4, 0.5) is 0 Å². The lowest BCUT2D eigenvalue weighted by molar-refractivity contribution is -0.114. The number of carbonyl (C=O) groups is 1. The van der Waals surface area contributed by atoms with Gasteiger partial charge in [-0.3, -0.25) is 4.79 Å². The summed E-state index contributed by atoms with van der Waals surface area (Å²) in [4.78, 5) is 10.5. The lowest BCUT2D eigenvalue weighted by atomic mass is 9.91. The first-order valence-electron chi connectivity index (χ1n) is 2.82. The average Bonchev–Trinajstić information content (AvgIpc) is 1.81. The van der Waals surface area contributed by atoms with Crippen LogP contribution in [0.15, 0.2) is 22.8 Å². The van der Waals surface area contributed by atoms with Gasteiger partial charge in [0.05, 0.1) is 0 Å². The topological polar surface area (TPSA) is 43.1 Å². The highest BCUT2D eigenvalue weighted by molar-refractivity contribution is 5.99. The van der Waals surface area contributed by atoms with Gasteiger partial charge in [-0.05, 0) is 31.1 Å². The molecular weight excluding hydrogens is 114 g/mol. The Morgan fingerprint density at radius 1 is 1.56 bits per heavy atom. The monoisotopic (exact) mass is 123 g/mol. The van der Waals surface area contributed by atoms with Crippen molar-refractivity contribution in [3.05, 3.63) is 22.8 Å². The fourth-order valence-corrected chi connectivity index (χ4v) is 0.824. The number of rotatable bonds is 1. The molecule has 1 aliphatic rings. The molecular formula is C7H9NO. The Kier molecular flexibility index (Phi) is 1.16. The molecule has 0 heterocycles. The third-order valence-corrected chi connectivity index (χ3v) is 1.62. The van der Waals surface area contributed by atoms with Crippen molar-refractivity contribution >= 4 is 5.91 Å². The summed E-state index contributed by atoms with van der Waals surface area (Å²) in [5.41, 5.74) is 7.87. The lowest BCUT2D eigenvalue weighted by Gasteiger charge is -2.14. The van der Waals surface area contributed by atoms with E-state index < -0.39 is 0 Å². The molecule has 48 valence electrons. The second-order valence-electron chi connectivity index (χ2n) is 2.23. The van der Waals surface area contributed by atoms with Crippen LogP contribution in [-0.4, -0.2) is 5.91 Å². The third kappa shape index (κ3) is 0.762. The van der Waals surface area contributed by atoms with Crippen LogP contribution in [0.1, 0.15) is 13.8 Å². The Morgan fingerprint density at radius 2 is 2.11 bits per heavy atom. The van der Waals surface area contributed by atoms with Crippen LogP contribution in [0, 0.1) is 0 Å². The molecule has 1 amide bonds. The molecule has 0 saturated carbocycles. The molecule has 0 atom stereocenters. The first-order chi connectivity index (χ1) is 4.13. The van der Waals surface area contributed by atoms with Crippen LogP contribution in [-0.2, 0) is 4.79 Å². The standard InChI is InChI=1S/C7H9NO/c1-4-3-6(5(4)2)7(8)9/h3H,1-2H3,(H2,8,9). The molecule has 9 heavy (non-hydrogen) atoms. The Balaban J connectivity index is 2.80. The maximum atomic E-state index is 10.5. The number of carbonyl (C=O) groups excluding carboxylic acids is 1. The molecule has 0 aliphatic heterocycles. The van der Waals surface area contributed by atoms with Gasteiger partial charge in [-0.15, -0.1) is 0 Å². The van der Waals surface area contributed by atoms with Gasteiger partial charge in [0.2, 0.25) is 5.91 Å². The van der Waals surface area contributed by atoms with Crippen LogP contribution in [0.3, 0.4) is 0 Å². The van der Waals surface area contributed by atoms with Crippen LogP contribution in [0.2, 0.25) is 0 Å². The Bertz CT molecular complexity index is 223. The molecule has 0 aromatic heterocycles. The summed E-state index contributed by atoms with van der Waals surface area (Å²) in [5, 5.41) is 0. The van der Waals surface area contributed by atoms with Gasteiger partial charge in [0.1, 0.15) is 0 Å². The minimum atomic E-state index is -0.321. The third-order valence-electron chi connectivity index (χ3n) is 1.62. The van der Waals surface area contributed by atoms with E-state index in [9.17, 15) is 4.79 Å². The van der Waals surface area contributed by atoms with Crippen molar-refractivity contribution < 1.29 is 4.79 Å². The van der Waals surface area contributed by atoms with Gasteiger partial charge in [-0.2, -0.15) is 0 Å². The molecule has 2 heteroatoms. The van der Waals surface area contributed by atoms with Crippen LogP contribution < -0.4 is 5.73 Å². The minimum Gasteiger partial charge on any atom is -0.366 e. The van der Waals surface area contributed by atoms with E-state index in [4.69, 9.17) is 5.73 Å². The van der Waals surface area contributed by atoms with E-state index in [-0.39, 0.29) is 5.91 Å². The summed E-state index contributed by atoms with van der Waals surface area (Å²) in [6.45, 7) is 3.86. The van der Waals surface area contributed by atoms with Gasteiger partial charge in [0.15, 0.2) is 0 Å². The van der Waals surface area contributed by atoms with E-state index in [2.05, 4.69) is 0 Å². The molecule has 2 nitrogen and oxygen atoms in total. The minimum absolute atomic E-state index is 0.321. The number of primary amides is 1. The van der Waals surface area contributed by atoms with E-state index in [1.165, 1.54) is 0 Å². The zero-order chi connectivity index (χ0) is 7.02. The van der Waals surface area contributed by atoms with Gasteiger partial charge < -0.3 is 5.73 Å². The largest absolute Gasteiger partial charge is 0.366 e. The summed E-state index contributed by atoms with van der Waals surface area (Å²) < 4.78 is 0. The van der Waals surface area contributed by atoms with E-state index >= 15 is 0 Å². The summed E-state index contributed by atoms with van der Waals surface area (Å²) >= 11 is 0. The highest BCUT2D eigenvalue weighted by Crippen LogP contribution is 2.25. The maximum Gasteiger partial charge on any atom is 0.248 e. The van der Waals surface area contributed by atoms with Crippen LogP contribution in [0.5, 0.6) is 0 Å². The average molecular weight is 123 g/mol. The summed E-state index contributed by atoms with van der Waals surface area (Å²) in [6, 6.07) is 0. The van der Waals surface area contributed by atoms with E-state index in [1.54, 1.807) is 6.08 Å². The molecule has 1 aliphatic carbocycles. The second kappa shape index (κ2) is 1.72. The van der Waals surface area contributed by atoms with Gasteiger partial charge in [0, 0.05) is 5.57 Å². The van der Waals surface area contributed by atoms with Crippen molar-refractivity contribution in [3.8, 4) is 0 Å². The molecule has 0 unspecified atom stereocenters. The van der Waals surface area contributed by atoms with Crippen LogP contribution >= 0.6 is 0 Å². The van der Waals surface area contributed by atoms with Gasteiger partial charge in [-0.1, -0.05) is 0 Å². The highest BCUT2D eigenvalue weighted by atomic mass is 16.1. The van der Waals surface area contributed by atoms with E-state index in [1.807, 2.05) is 13.8 Å². The zero-order valence-corrected chi connectivity index (χ0v) is 5.56. The molecule has 0 fully saturated rings. The highest BCUT2D eigenvalue weighted by Gasteiger charge is 2.15. The van der Waals surface area contributed by atoms with E-state index in [0.717, 1.165) is 11.1 Å². The molecule has 1 rings (SSSR count). The molecule has 0 spiro atoms. The van der Waals surface area contributed by atoms with Crippen molar-refractivity contribution in [1.29, 1.82) is 0 Å². The molecule has 0 aromatic rings. The van der Waals surface area contributed by atoms with Crippen molar-refractivity contribution in [3.63, 3.8) is 0 Å². The maximum absolute atomic E-state index is 10.5. The van der Waals surface area contributed by atoms with Crippen molar-refractivity contribution in [2.45, 2.75) is 13.8 Å². The molecule has 0 bridgehead atoms. The fourth-order valence-electron chi connectivity index (χ4n) is 0.824. The molecule has 0 saturated heterocycles. The Hall–Kier alpha value is -1.05. The van der Waals surface area contributed by atoms with Crippen molar-refractivity contribution in [1.82, 2.24) is 0 Å². The predicted molar refractivity (Wildman–Crippen MR) is 35.7 cm³/mol. The fraction of sp³-hybridized carbons (Fsp3) is 0.286. The summed E-state index contributed by atoms with van der Waals surface area (Å²) in [5.74, 6) is -0.321. The summed E-state index contributed by atoms with van der Waals surface area (Å²) in [7, 11) is 0. The van der Waals surface area contributed by atoms with Gasteiger partial charge >= 0.3 is 0 Å². The summed E-state index contributed by atoms with van der Waals surface area (Å²) in [6.07, 6.45) is 1.80. The Labute approximate surface area is 54.0 Å². The number of nitrogens with two attached hydrogens (primary N) is 1. The van der Waals surface area contributed by atoms with E-state index in [0.29, 0.717) is 5.57 Å². The normalized spacial score (nSPS) is 16.9. The molecule has 0 aromatic carbocycles. The number of amides is 1. The number of hydrogen-bond donors (Lipinski definition) is 1. The van der Waals surface area contributed by atoms with Crippen molar-refractivity contribution in [2.24, 2.45) is 5.73 Å². The van der Waals surface area contributed by atoms with Gasteiger partial charge in [0.25, 0.3) is 0 Å². The van der Waals surface area contributed by atoms with Crippen LogP contribution in [0.25, 0.3) is 0 Å². The Morgan fingerprint density at radius 3 is 2.22 bits per heavy atom. The smallest absolute Gasteiger partial charge is 0.248 e.